The molecule has 166 valence electrons. The first-order valence-electron chi connectivity index (χ1n) is 9.50. The highest BCUT2D eigenvalue weighted by molar-refractivity contribution is 14.0. The average molecular weight is 530 g/mol. The Hall–Kier alpha value is -1.27. The monoisotopic (exact) mass is 530 g/mol. The molecule has 0 aliphatic carbocycles. The van der Waals surface area contributed by atoms with E-state index in [1.54, 1.807) is 13.1 Å². The van der Waals surface area contributed by atoms with Crippen LogP contribution >= 0.6 is 24.0 Å². The summed E-state index contributed by atoms with van der Waals surface area (Å²) in [6.45, 7) is 6.10. The maximum Gasteiger partial charge on any atom is 0.416 e. The number of nitrogens with zero attached hydrogens (tertiary/aromatic N) is 2. The van der Waals surface area contributed by atoms with Gasteiger partial charge in [-0.25, -0.2) is 0 Å². The second-order valence-corrected chi connectivity index (χ2v) is 6.34. The Bertz CT molecular complexity index is 638. The fourth-order valence-corrected chi connectivity index (χ4v) is 2.93. The Balaban J connectivity index is 0.00000420. The summed E-state index contributed by atoms with van der Waals surface area (Å²) in [5.74, 6) is 0.460. The number of aliphatic imine (C=N–C) groups is 1. The third-order valence-electron chi connectivity index (χ3n) is 4.41. The van der Waals surface area contributed by atoms with Crippen molar-refractivity contribution in [3.8, 4) is 0 Å². The Morgan fingerprint density at radius 1 is 1.24 bits per heavy atom. The zero-order valence-corrected chi connectivity index (χ0v) is 19.2. The van der Waals surface area contributed by atoms with Crippen LogP contribution in [0.2, 0.25) is 0 Å². The third-order valence-corrected chi connectivity index (χ3v) is 4.41. The van der Waals surface area contributed by atoms with E-state index in [4.69, 9.17) is 9.47 Å². The molecule has 0 atom stereocenters. The molecule has 0 radical (unpaired) electrons. The summed E-state index contributed by atoms with van der Waals surface area (Å²) in [7, 11) is 1.59. The van der Waals surface area contributed by atoms with Crippen LogP contribution in [-0.4, -0.2) is 59.1 Å². The van der Waals surface area contributed by atoms with Crippen LogP contribution in [0.15, 0.2) is 23.2 Å². The lowest BCUT2D eigenvalue weighted by Crippen LogP contribution is -2.38. The molecular weight excluding hydrogens is 500 g/mol. The number of ether oxygens (including phenoxy) is 2. The SMILES string of the molecule is CCOCCCNC(=NC)NCc1ccc(N2CCOCC2)cc1C(F)(F)F.I. The topological polar surface area (TPSA) is 58.1 Å². The van der Waals surface area contributed by atoms with Crippen molar-refractivity contribution < 1.29 is 22.6 Å². The molecule has 10 heteroatoms. The van der Waals surface area contributed by atoms with Gasteiger partial charge in [-0.1, -0.05) is 6.07 Å². The summed E-state index contributed by atoms with van der Waals surface area (Å²) in [6.07, 6.45) is -3.63. The summed E-state index contributed by atoms with van der Waals surface area (Å²) >= 11 is 0. The van der Waals surface area contributed by atoms with Gasteiger partial charge in [-0.3, -0.25) is 4.99 Å². The first-order chi connectivity index (χ1) is 13.5. The first-order valence-corrected chi connectivity index (χ1v) is 9.50. The lowest BCUT2D eigenvalue weighted by atomic mass is 10.0. The molecule has 0 aromatic heterocycles. The van der Waals surface area contributed by atoms with Gasteiger partial charge in [-0.15, -0.1) is 24.0 Å². The molecule has 6 nitrogen and oxygen atoms in total. The van der Waals surface area contributed by atoms with Gasteiger partial charge in [0.2, 0.25) is 0 Å². The predicted molar refractivity (Wildman–Crippen MR) is 119 cm³/mol. The number of halogens is 4. The van der Waals surface area contributed by atoms with Crippen molar-refractivity contribution in [2.75, 3.05) is 58.0 Å². The van der Waals surface area contributed by atoms with Crippen molar-refractivity contribution in [2.45, 2.75) is 26.1 Å². The van der Waals surface area contributed by atoms with Crippen LogP contribution in [0.4, 0.5) is 18.9 Å². The average Bonchev–Trinajstić information content (AvgIpc) is 2.70. The molecule has 0 saturated carbocycles. The lowest BCUT2D eigenvalue weighted by Gasteiger charge is -2.29. The van der Waals surface area contributed by atoms with E-state index in [1.807, 2.05) is 11.8 Å². The Morgan fingerprint density at radius 2 is 1.97 bits per heavy atom. The number of anilines is 1. The highest BCUT2D eigenvalue weighted by atomic mass is 127. The normalized spacial score (nSPS) is 15.1. The number of hydrogen-bond acceptors (Lipinski definition) is 4. The maximum absolute atomic E-state index is 13.6. The van der Waals surface area contributed by atoms with Crippen LogP contribution in [-0.2, 0) is 22.2 Å². The molecule has 0 unspecified atom stereocenters. The van der Waals surface area contributed by atoms with Crippen LogP contribution in [0.5, 0.6) is 0 Å². The molecule has 2 rings (SSSR count). The van der Waals surface area contributed by atoms with Gasteiger partial charge in [-0.2, -0.15) is 13.2 Å². The van der Waals surface area contributed by atoms with E-state index in [0.717, 1.165) is 6.42 Å². The molecule has 1 saturated heterocycles. The summed E-state index contributed by atoms with van der Waals surface area (Å²) in [6, 6.07) is 4.49. The molecule has 1 heterocycles. The summed E-state index contributed by atoms with van der Waals surface area (Å²) < 4.78 is 51.3. The van der Waals surface area contributed by atoms with E-state index in [2.05, 4.69) is 15.6 Å². The minimum absolute atomic E-state index is 0. The molecule has 0 bridgehead atoms. The van der Waals surface area contributed by atoms with Crippen molar-refractivity contribution in [2.24, 2.45) is 4.99 Å². The summed E-state index contributed by atoms with van der Waals surface area (Å²) in [5, 5.41) is 6.03. The van der Waals surface area contributed by atoms with Crippen LogP contribution < -0.4 is 15.5 Å². The summed E-state index contributed by atoms with van der Waals surface area (Å²) in [5.41, 5.74) is 0.121. The van der Waals surface area contributed by atoms with Gasteiger partial charge in [0.15, 0.2) is 5.96 Å². The van der Waals surface area contributed by atoms with Gasteiger partial charge in [0.1, 0.15) is 0 Å². The van der Waals surface area contributed by atoms with Gasteiger partial charge >= 0.3 is 6.18 Å². The van der Waals surface area contributed by atoms with Gasteiger partial charge in [0.05, 0.1) is 18.8 Å². The Morgan fingerprint density at radius 3 is 2.59 bits per heavy atom. The Kier molecular flexibility index (Phi) is 11.7. The van der Waals surface area contributed by atoms with E-state index in [1.165, 1.54) is 12.1 Å². The van der Waals surface area contributed by atoms with Crippen molar-refractivity contribution in [3.63, 3.8) is 0 Å². The van der Waals surface area contributed by atoms with Crippen molar-refractivity contribution >= 4 is 35.6 Å². The van der Waals surface area contributed by atoms with E-state index < -0.39 is 11.7 Å². The smallest absolute Gasteiger partial charge is 0.382 e. The standard InChI is InChI=1S/C19H29F3N4O2.HI/c1-3-27-10-4-7-24-18(23-2)25-14-15-5-6-16(13-17(15)19(20,21)22)26-8-11-28-12-9-26;/h5-6,13H,3-4,7-12,14H2,1-2H3,(H2,23,24,25);1H. The van der Waals surface area contributed by atoms with Crippen LogP contribution in [0.3, 0.4) is 0 Å². The Labute approximate surface area is 187 Å². The van der Waals surface area contributed by atoms with Gasteiger partial charge < -0.3 is 25.0 Å². The van der Waals surface area contributed by atoms with E-state index in [-0.39, 0.29) is 36.1 Å². The molecule has 2 N–H and O–H groups in total. The van der Waals surface area contributed by atoms with Gasteiger partial charge in [0.25, 0.3) is 0 Å². The zero-order valence-electron chi connectivity index (χ0n) is 16.8. The highest BCUT2D eigenvalue weighted by Gasteiger charge is 2.34. The van der Waals surface area contributed by atoms with Crippen molar-refractivity contribution in [1.82, 2.24) is 10.6 Å². The van der Waals surface area contributed by atoms with E-state index in [0.29, 0.717) is 57.7 Å². The van der Waals surface area contributed by atoms with Gasteiger partial charge in [0, 0.05) is 52.1 Å². The quantitative estimate of drug-likeness (QED) is 0.234. The number of benzene rings is 1. The zero-order chi connectivity index (χ0) is 20.4. The van der Waals surface area contributed by atoms with Crippen molar-refractivity contribution in [1.29, 1.82) is 0 Å². The number of nitrogens with one attached hydrogen (secondary N) is 2. The van der Waals surface area contributed by atoms with Crippen molar-refractivity contribution in [3.05, 3.63) is 29.3 Å². The number of morpholine rings is 1. The number of hydrogen-bond donors (Lipinski definition) is 2. The molecular formula is C19H30F3IN4O2. The largest absolute Gasteiger partial charge is 0.416 e. The number of alkyl halides is 3. The fourth-order valence-electron chi connectivity index (χ4n) is 2.93. The van der Waals surface area contributed by atoms with Gasteiger partial charge in [-0.05, 0) is 31.0 Å². The molecule has 1 aromatic carbocycles. The lowest BCUT2D eigenvalue weighted by molar-refractivity contribution is -0.138. The maximum atomic E-state index is 13.6. The first kappa shape index (κ1) is 25.8. The molecule has 1 aromatic rings. The molecule has 0 spiro atoms. The molecule has 29 heavy (non-hydrogen) atoms. The molecule has 1 aliphatic rings. The second kappa shape index (κ2) is 13.1. The number of guanidine groups is 1. The van der Waals surface area contributed by atoms with E-state index >= 15 is 0 Å². The van der Waals surface area contributed by atoms with Crippen LogP contribution in [0, 0.1) is 0 Å². The summed E-state index contributed by atoms with van der Waals surface area (Å²) in [4.78, 5) is 5.97. The third kappa shape index (κ3) is 8.55. The predicted octanol–water partition coefficient (Wildman–Crippen LogP) is 3.25. The molecule has 1 aliphatic heterocycles. The minimum atomic E-state index is -4.42. The number of rotatable bonds is 8. The highest BCUT2D eigenvalue weighted by Crippen LogP contribution is 2.35. The fraction of sp³-hybridized carbons (Fsp3) is 0.632. The second-order valence-electron chi connectivity index (χ2n) is 6.34. The van der Waals surface area contributed by atoms with E-state index in [9.17, 15) is 13.2 Å². The molecule has 0 amide bonds. The van der Waals surface area contributed by atoms with Crippen LogP contribution in [0.1, 0.15) is 24.5 Å². The minimum Gasteiger partial charge on any atom is -0.382 e. The van der Waals surface area contributed by atoms with Crippen LogP contribution in [0.25, 0.3) is 0 Å². The molecule has 1 fully saturated rings.